The number of amides is 3. The van der Waals surface area contributed by atoms with Crippen LogP contribution in [0.5, 0.6) is 0 Å². The first kappa shape index (κ1) is 27.4. The Morgan fingerprint density at radius 3 is 2.32 bits per heavy atom. The predicted octanol–water partition coefficient (Wildman–Crippen LogP) is 0.196. The molecule has 3 rings (SSSR count). The highest BCUT2D eigenvalue weighted by Crippen LogP contribution is 2.08. The van der Waals surface area contributed by atoms with Crippen molar-refractivity contribution >= 4 is 24.8 Å². The van der Waals surface area contributed by atoms with Crippen LogP contribution in [0.1, 0.15) is 40.9 Å². The molecule has 0 radical (unpaired) electrons. The third-order valence-corrected chi connectivity index (χ3v) is 5.53. The summed E-state index contributed by atoms with van der Waals surface area (Å²) in [4.78, 5) is 50.1. The number of carbonyl (C=O) groups is 3. The number of pyridine rings is 1. The van der Waals surface area contributed by atoms with Gasteiger partial charge in [-0.2, -0.15) is 0 Å². The normalized spacial score (nSPS) is 12.2. The number of nitrogens with zero attached hydrogens (tertiary/aromatic N) is 3. The minimum Gasteiger partial charge on any atom is -0.426 e. The summed E-state index contributed by atoms with van der Waals surface area (Å²) in [6.07, 6.45) is 8.33. The van der Waals surface area contributed by atoms with Crippen LogP contribution in [-0.4, -0.2) is 61.8 Å². The lowest BCUT2D eigenvalue weighted by atomic mass is 9.76. The molecule has 0 bridgehead atoms. The zero-order valence-electron chi connectivity index (χ0n) is 20.2. The second-order valence-corrected chi connectivity index (χ2v) is 8.37. The molecule has 0 aliphatic carbocycles. The summed E-state index contributed by atoms with van der Waals surface area (Å²) in [5, 5.41) is 27.4. The van der Waals surface area contributed by atoms with Crippen LogP contribution in [0.25, 0.3) is 0 Å². The molecule has 11 nitrogen and oxygen atoms in total. The number of hydrogen-bond acceptors (Lipinski definition) is 8. The number of aromatic nitrogens is 3. The number of rotatable bonds is 13. The first-order valence-corrected chi connectivity index (χ1v) is 11.9. The van der Waals surface area contributed by atoms with E-state index in [1.807, 2.05) is 30.3 Å². The monoisotopic (exact) mass is 504 g/mol. The Balaban J connectivity index is 1.63. The standard InChI is InChI=1S/C25H29BN6O5/c33-23(30-16-19-9-5-11-27-15-19)14-20(31-25(35)21-17-28-12-13-29-21)24(34)32-22(26(36)37)10-4-8-18-6-2-1-3-7-18/h1-3,5-7,9,11-13,15,17,20,22,36-37H,4,8,10,14,16H2,(H,30,33)(H,31,35)(H,32,34). The summed E-state index contributed by atoms with van der Waals surface area (Å²) in [6, 6.07) is 11.9. The molecule has 2 aromatic heterocycles. The maximum atomic E-state index is 13.1. The molecule has 0 saturated heterocycles. The number of aryl methyl sites for hydroxylation is 1. The van der Waals surface area contributed by atoms with Gasteiger partial charge in [0, 0.05) is 31.3 Å². The Morgan fingerprint density at radius 1 is 0.892 bits per heavy atom. The van der Waals surface area contributed by atoms with Crippen molar-refractivity contribution < 1.29 is 24.4 Å². The van der Waals surface area contributed by atoms with Gasteiger partial charge in [-0.3, -0.25) is 24.4 Å². The van der Waals surface area contributed by atoms with Gasteiger partial charge in [-0.05, 0) is 36.5 Å². The first-order valence-electron chi connectivity index (χ1n) is 11.9. The fraction of sp³-hybridized carbons (Fsp3) is 0.280. The Kier molecular flexibility index (Phi) is 10.7. The van der Waals surface area contributed by atoms with Gasteiger partial charge >= 0.3 is 7.12 Å². The summed E-state index contributed by atoms with van der Waals surface area (Å²) in [5.74, 6) is -2.91. The van der Waals surface area contributed by atoms with E-state index < -0.39 is 36.8 Å². The van der Waals surface area contributed by atoms with E-state index in [2.05, 4.69) is 30.9 Å². The summed E-state index contributed by atoms with van der Waals surface area (Å²) < 4.78 is 0. The minimum atomic E-state index is -1.82. The molecule has 0 spiro atoms. The number of benzene rings is 1. The number of hydrogen-bond donors (Lipinski definition) is 5. The Bertz CT molecular complexity index is 1140. The zero-order valence-corrected chi connectivity index (χ0v) is 20.2. The molecule has 0 aliphatic heterocycles. The molecule has 1 aromatic carbocycles. The topological polar surface area (TPSA) is 166 Å². The average molecular weight is 504 g/mol. The van der Waals surface area contributed by atoms with E-state index in [9.17, 15) is 24.4 Å². The van der Waals surface area contributed by atoms with Gasteiger partial charge in [0.1, 0.15) is 11.7 Å². The summed E-state index contributed by atoms with van der Waals surface area (Å²) in [5.41, 5.74) is 1.82. The van der Waals surface area contributed by atoms with E-state index >= 15 is 0 Å². The van der Waals surface area contributed by atoms with Crippen LogP contribution in [0.15, 0.2) is 73.4 Å². The van der Waals surface area contributed by atoms with Crippen LogP contribution in [0.4, 0.5) is 0 Å². The van der Waals surface area contributed by atoms with Gasteiger partial charge in [0.05, 0.1) is 18.6 Å². The van der Waals surface area contributed by atoms with Crippen LogP contribution < -0.4 is 16.0 Å². The number of nitrogens with one attached hydrogen (secondary N) is 3. The van der Waals surface area contributed by atoms with Crippen molar-refractivity contribution in [3.05, 3.63) is 90.3 Å². The van der Waals surface area contributed by atoms with Crippen molar-refractivity contribution in [2.75, 3.05) is 0 Å². The van der Waals surface area contributed by atoms with Gasteiger partial charge in [-0.15, -0.1) is 0 Å². The fourth-order valence-electron chi connectivity index (χ4n) is 3.57. The minimum absolute atomic E-state index is 0.0299. The largest absolute Gasteiger partial charge is 0.475 e. The molecule has 192 valence electrons. The molecule has 5 N–H and O–H groups in total. The molecule has 12 heteroatoms. The maximum Gasteiger partial charge on any atom is 0.475 e. The highest BCUT2D eigenvalue weighted by atomic mass is 16.4. The number of carbonyl (C=O) groups excluding carboxylic acids is 3. The van der Waals surface area contributed by atoms with Crippen LogP contribution >= 0.6 is 0 Å². The Hall–Kier alpha value is -4.16. The summed E-state index contributed by atoms with van der Waals surface area (Å²) >= 11 is 0. The van der Waals surface area contributed by atoms with E-state index in [4.69, 9.17) is 0 Å². The van der Waals surface area contributed by atoms with Crippen molar-refractivity contribution in [3.63, 3.8) is 0 Å². The van der Waals surface area contributed by atoms with Gasteiger partial charge in [0.2, 0.25) is 11.8 Å². The maximum absolute atomic E-state index is 13.1. The third-order valence-electron chi connectivity index (χ3n) is 5.53. The molecule has 37 heavy (non-hydrogen) atoms. The van der Waals surface area contributed by atoms with Crippen molar-refractivity contribution in [1.82, 2.24) is 30.9 Å². The lowest BCUT2D eigenvalue weighted by Gasteiger charge is -2.23. The van der Waals surface area contributed by atoms with E-state index in [0.29, 0.717) is 12.8 Å². The van der Waals surface area contributed by atoms with E-state index in [1.165, 1.54) is 18.6 Å². The fourth-order valence-corrected chi connectivity index (χ4v) is 3.57. The van der Waals surface area contributed by atoms with Crippen LogP contribution in [0.2, 0.25) is 0 Å². The lowest BCUT2D eigenvalue weighted by molar-refractivity contribution is -0.128. The predicted molar refractivity (Wildman–Crippen MR) is 135 cm³/mol. The molecule has 3 aromatic rings. The smallest absolute Gasteiger partial charge is 0.426 e. The van der Waals surface area contributed by atoms with Gasteiger partial charge in [0.25, 0.3) is 5.91 Å². The van der Waals surface area contributed by atoms with Crippen LogP contribution in [-0.2, 0) is 22.6 Å². The van der Waals surface area contributed by atoms with E-state index in [-0.39, 0.29) is 25.1 Å². The van der Waals surface area contributed by atoms with Crippen molar-refractivity contribution in [3.8, 4) is 0 Å². The highest BCUT2D eigenvalue weighted by Gasteiger charge is 2.30. The molecule has 3 amide bonds. The Morgan fingerprint density at radius 2 is 1.65 bits per heavy atom. The van der Waals surface area contributed by atoms with E-state index in [0.717, 1.165) is 11.1 Å². The molecule has 0 saturated carbocycles. The van der Waals surface area contributed by atoms with Gasteiger partial charge in [-0.1, -0.05) is 36.4 Å². The second kappa shape index (κ2) is 14.4. The van der Waals surface area contributed by atoms with Crippen molar-refractivity contribution in [2.24, 2.45) is 0 Å². The zero-order chi connectivity index (χ0) is 26.5. The molecular formula is C25H29BN6O5. The molecule has 2 atom stereocenters. The van der Waals surface area contributed by atoms with Crippen molar-refractivity contribution in [2.45, 2.75) is 44.2 Å². The van der Waals surface area contributed by atoms with Crippen LogP contribution in [0, 0.1) is 0 Å². The SMILES string of the molecule is O=C(CC(NC(=O)c1cnccn1)C(=O)NC(CCCc1ccccc1)B(O)O)NCc1cccnc1. The molecule has 0 fully saturated rings. The molecular weight excluding hydrogens is 475 g/mol. The van der Waals surface area contributed by atoms with Crippen molar-refractivity contribution in [1.29, 1.82) is 0 Å². The second-order valence-electron chi connectivity index (χ2n) is 8.37. The summed E-state index contributed by atoms with van der Waals surface area (Å²) in [7, 11) is -1.82. The molecule has 2 unspecified atom stereocenters. The lowest BCUT2D eigenvalue weighted by Crippen LogP contribution is -2.55. The Labute approximate surface area is 214 Å². The third kappa shape index (κ3) is 9.43. The van der Waals surface area contributed by atoms with Gasteiger partial charge in [0.15, 0.2) is 0 Å². The van der Waals surface area contributed by atoms with Gasteiger partial charge < -0.3 is 26.0 Å². The average Bonchev–Trinajstić information content (AvgIpc) is 2.92. The summed E-state index contributed by atoms with van der Waals surface area (Å²) in [6.45, 7) is 0.191. The van der Waals surface area contributed by atoms with Crippen LogP contribution in [0.3, 0.4) is 0 Å². The highest BCUT2D eigenvalue weighted by molar-refractivity contribution is 6.43. The van der Waals surface area contributed by atoms with E-state index in [1.54, 1.807) is 24.5 Å². The molecule has 2 heterocycles. The first-order chi connectivity index (χ1) is 17.9. The molecule has 0 aliphatic rings. The quantitative estimate of drug-likeness (QED) is 0.206. The van der Waals surface area contributed by atoms with Gasteiger partial charge in [-0.25, -0.2) is 4.98 Å².